The SMILES string of the molecule is CN(C)c1nc(CN2CCCC2Cn2nc(C(C)(C)C)ccc2=O)ns1. The van der Waals surface area contributed by atoms with Crippen molar-refractivity contribution in [2.75, 3.05) is 25.5 Å². The van der Waals surface area contributed by atoms with Crippen molar-refractivity contribution in [2.45, 2.75) is 58.2 Å². The number of hydrogen-bond donors (Lipinski definition) is 0. The molecule has 0 aromatic carbocycles. The van der Waals surface area contributed by atoms with E-state index in [9.17, 15) is 4.79 Å². The Bertz CT molecular complexity index is 806. The lowest BCUT2D eigenvalue weighted by Gasteiger charge is -2.24. The Hall–Kier alpha value is -1.80. The average molecular weight is 377 g/mol. The first kappa shape index (κ1) is 19.0. The number of hydrogen-bond acceptors (Lipinski definition) is 7. The van der Waals surface area contributed by atoms with Crippen molar-refractivity contribution in [3.05, 3.63) is 34.0 Å². The number of aromatic nitrogens is 4. The summed E-state index contributed by atoms with van der Waals surface area (Å²) in [7, 11) is 3.95. The zero-order chi connectivity index (χ0) is 18.9. The molecule has 1 fully saturated rings. The summed E-state index contributed by atoms with van der Waals surface area (Å²) in [6.45, 7) is 8.69. The van der Waals surface area contributed by atoms with Gasteiger partial charge >= 0.3 is 0 Å². The summed E-state index contributed by atoms with van der Waals surface area (Å²) in [5, 5.41) is 5.54. The molecule has 0 saturated carbocycles. The van der Waals surface area contributed by atoms with Gasteiger partial charge < -0.3 is 4.90 Å². The van der Waals surface area contributed by atoms with Gasteiger partial charge in [-0.2, -0.15) is 9.47 Å². The fraction of sp³-hybridized carbons (Fsp3) is 0.667. The maximum Gasteiger partial charge on any atom is 0.266 e. The van der Waals surface area contributed by atoms with Crippen LogP contribution in [0, 0.1) is 0 Å². The second-order valence-electron chi connectivity index (χ2n) is 8.14. The van der Waals surface area contributed by atoms with Gasteiger partial charge in [0.15, 0.2) is 5.82 Å². The van der Waals surface area contributed by atoms with Crippen LogP contribution in [0.5, 0.6) is 0 Å². The van der Waals surface area contributed by atoms with Crippen molar-refractivity contribution in [2.24, 2.45) is 0 Å². The molecular formula is C18H28N6OS. The molecule has 1 atom stereocenters. The van der Waals surface area contributed by atoms with E-state index in [1.54, 1.807) is 10.7 Å². The zero-order valence-corrected chi connectivity index (χ0v) is 17.1. The zero-order valence-electron chi connectivity index (χ0n) is 16.3. The van der Waals surface area contributed by atoms with E-state index in [2.05, 4.69) is 40.1 Å². The second kappa shape index (κ2) is 7.44. The number of anilines is 1. The lowest BCUT2D eigenvalue weighted by atomic mass is 9.92. The largest absolute Gasteiger partial charge is 0.353 e. The monoisotopic (exact) mass is 376 g/mol. The summed E-state index contributed by atoms with van der Waals surface area (Å²) < 4.78 is 6.10. The molecule has 26 heavy (non-hydrogen) atoms. The van der Waals surface area contributed by atoms with Crippen LogP contribution in [0.3, 0.4) is 0 Å². The molecule has 1 aliphatic rings. The highest BCUT2D eigenvalue weighted by atomic mass is 32.1. The minimum absolute atomic E-state index is 0.0356. The molecule has 0 aliphatic carbocycles. The number of nitrogens with zero attached hydrogens (tertiary/aromatic N) is 6. The van der Waals surface area contributed by atoms with Crippen molar-refractivity contribution < 1.29 is 0 Å². The van der Waals surface area contributed by atoms with Crippen LogP contribution in [0.1, 0.15) is 45.1 Å². The van der Waals surface area contributed by atoms with Crippen molar-refractivity contribution in [3.63, 3.8) is 0 Å². The lowest BCUT2D eigenvalue weighted by Crippen LogP contribution is -2.37. The molecule has 0 spiro atoms. The van der Waals surface area contributed by atoms with Crippen molar-refractivity contribution in [3.8, 4) is 0 Å². The first-order valence-electron chi connectivity index (χ1n) is 9.06. The third-order valence-electron chi connectivity index (χ3n) is 4.70. The normalized spacial score (nSPS) is 18.4. The average Bonchev–Trinajstić information content (AvgIpc) is 3.19. The Balaban J connectivity index is 1.73. The van der Waals surface area contributed by atoms with Gasteiger partial charge in [-0.1, -0.05) is 20.8 Å². The minimum atomic E-state index is -0.0715. The molecule has 3 rings (SSSR count). The van der Waals surface area contributed by atoms with Gasteiger partial charge in [0, 0.05) is 43.2 Å². The highest BCUT2D eigenvalue weighted by Gasteiger charge is 2.27. The van der Waals surface area contributed by atoms with E-state index in [1.165, 1.54) is 11.5 Å². The summed E-state index contributed by atoms with van der Waals surface area (Å²) in [4.78, 5) is 21.2. The first-order chi connectivity index (χ1) is 12.2. The molecule has 3 heterocycles. The molecule has 2 aromatic rings. The van der Waals surface area contributed by atoms with E-state index in [1.807, 2.05) is 25.1 Å². The van der Waals surface area contributed by atoms with Crippen LogP contribution in [0.25, 0.3) is 0 Å². The third kappa shape index (κ3) is 4.29. The van der Waals surface area contributed by atoms with Crippen LogP contribution in [0.15, 0.2) is 16.9 Å². The van der Waals surface area contributed by atoms with Crippen molar-refractivity contribution in [1.29, 1.82) is 0 Å². The summed E-state index contributed by atoms with van der Waals surface area (Å²) in [5.74, 6) is 0.856. The highest BCUT2D eigenvalue weighted by molar-refractivity contribution is 7.09. The molecule has 8 heteroatoms. The molecule has 1 unspecified atom stereocenters. The maximum atomic E-state index is 12.3. The smallest absolute Gasteiger partial charge is 0.266 e. The Morgan fingerprint density at radius 2 is 2.08 bits per heavy atom. The molecule has 0 bridgehead atoms. The molecule has 0 radical (unpaired) electrons. The fourth-order valence-electron chi connectivity index (χ4n) is 3.16. The third-order valence-corrected chi connectivity index (χ3v) is 5.62. The van der Waals surface area contributed by atoms with Crippen molar-refractivity contribution in [1.82, 2.24) is 24.0 Å². The van der Waals surface area contributed by atoms with Crippen LogP contribution in [0.4, 0.5) is 5.13 Å². The van der Waals surface area contributed by atoms with E-state index in [0.717, 1.165) is 42.6 Å². The summed E-state index contributed by atoms with van der Waals surface area (Å²) in [6, 6.07) is 3.77. The van der Waals surface area contributed by atoms with Gasteiger partial charge in [0.05, 0.1) is 18.8 Å². The lowest BCUT2D eigenvalue weighted by molar-refractivity contribution is 0.211. The highest BCUT2D eigenvalue weighted by Crippen LogP contribution is 2.23. The van der Waals surface area contributed by atoms with E-state index in [0.29, 0.717) is 12.6 Å². The van der Waals surface area contributed by atoms with Gasteiger partial charge in [-0.3, -0.25) is 9.69 Å². The summed E-state index contributed by atoms with van der Waals surface area (Å²) >= 11 is 1.42. The van der Waals surface area contributed by atoms with E-state index < -0.39 is 0 Å². The second-order valence-corrected chi connectivity index (χ2v) is 8.87. The number of likely N-dealkylation sites (tertiary alicyclic amines) is 1. The Morgan fingerprint density at radius 3 is 2.73 bits per heavy atom. The molecular weight excluding hydrogens is 348 g/mol. The summed E-state index contributed by atoms with van der Waals surface area (Å²) in [6.07, 6.45) is 2.20. The Kier molecular flexibility index (Phi) is 5.43. The standard InChI is InChI=1S/C18H28N6OS/c1-18(2,3)14-8-9-16(25)24(20-14)11-13-7-6-10-23(13)12-15-19-17(22(4)5)26-21-15/h8-9,13H,6-7,10-12H2,1-5H3. The van der Waals surface area contributed by atoms with Gasteiger partial charge in [-0.15, -0.1) is 0 Å². The molecule has 142 valence electrons. The quantitative estimate of drug-likeness (QED) is 0.796. The van der Waals surface area contributed by atoms with Gasteiger partial charge in [-0.05, 0) is 25.5 Å². The van der Waals surface area contributed by atoms with Gasteiger partial charge in [0.25, 0.3) is 5.56 Å². The van der Waals surface area contributed by atoms with E-state index in [-0.39, 0.29) is 11.0 Å². The molecule has 1 aliphatic heterocycles. The van der Waals surface area contributed by atoms with Crippen LogP contribution >= 0.6 is 11.5 Å². The Labute approximate surface area is 158 Å². The molecule has 7 nitrogen and oxygen atoms in total. The molecule has 0 amide bonds. The molecule has 2 aromatic heterocycles. The van der Waals surface area contributed by atoms with Gasteiger partial charge in [-0.25, -0.2) is 9.67 Å². The van der Waals surface area contributed by atoms with E-state index >= 15 is 0 Å². The van der Waals surface area contributed by atoms with Crippen LogP contribution in [-0.2, 0) is 18.5 Å². The van der Waals surface area contributed by atoms with Crippen LogP contribution in [0.2, 0.25) is 0 Å². The minimum Gasteiger partial charge on any atom is -0.353 e. The van der Waals surface area contributed by atoms with Crippen LogP contribution in [-0.4, -0.2) is 50.7 Å². The van der Waals surface area contributed by atoms with Crippen molar-refractivity contribution >= 4 is 16.7 Å². The van der Waals surface area contributed by atoms with E-state index in [4.69, 9.17) is 0 Å². The predicted octanol–water partition coefficient (Wildman–Crippen LogP) is 2.12. The maximum absolute atomic E-state index is 12.3. The van der Waals surface area contributed by atoms with Gasteiger partial charge in [0.2, 0.25) is 5.13 Å². The summed E-state index contributed by atoms with van der Waals surface area (Å²) in [5.41, 5.74) is 0.836. The first-order valence-corrected chi connectivity index (χ1v) is 9.84. The number of rotatable bonds is 5. The van der Waals surface area contributed by atoms with Gasteiger partial charge in [0.1, 0.15) is 0 Å². The molecule has 0 N–H and O–H groups in total. The topological polar surface area (TPSA) is 67.2 Å². The molecule has 1 saturated heterocycles. The predicted molar refractivity (Wildman–Crippen MR) is 105 cm³/mol. The fourth-order valence-corrected chi connectivity index (χ4v) is 3.76. The Morgan fingerprint density at radius 1 is 1.31 bits per heavy atom. The van der Waals surface area contributed by atoms with Crippen LogP contribution < -0.4 is 10.5 Å².